The van der Waals surface area contributed by atoms with Gasteiger partial charge in [0.2, 0.25) is 0 Å². The third-order valence-corrected chi connectivity index (χ3v) is 3.05. The molecule has 0 spiro atoms. The van der Waals surface area contributed by atoms with E-state index in [2.05, 4.69) is 10.2 Å². The average Bonchev–Trinajstić information content (AvgIpc) is 2.82. The Bertz CT molecular complexity index is 642. The molecule has 0 unspecified atom stereocenters. The van der Waals surface area contributed by atoms with Gasteiger partial charge >= 0.3 is 0 Å². The van der Waals surface area contributed by atoms with Gasteiger partial charge in [0.05, 0.1) is 10.5 Å². The van der Waals surface area contributed by atoms with E-state index in [0.29, 0.717) is 23.8 Å². The molecule has 20 heavy (non-hydrogen) atoms. The summed E-state index contributed by atoms with van der Waals surface area (Å²) < 4.78 is 1.68. The summed E-state index contributed by atoms with van der Waals surface area (Å²) in [4.78, 5) is 10.6. The van der Waals surface area contributed by atoms with Crippen LogP contribution in [0, 0.1) is 10.1 Å². The van der Waals surface area contributed by atoms with Crippen LogP contribution in [0.4, 0.5) is 5.69 Å². The Hall–Kier alpha value is -1.99. The molecule has 0 bridgehead atoms. The van der Waals surface area contributed by atoms with Gasteiger partial charge in [-0.15, -0.1) is 10.2 Å². The Morgan fingerprint density at radius 3 is 2.80 bits per heavy atom. The van der Waals surface area contributed by atoms with Gasteiger partial charge in [-0.05, 0) is 18.6 Å². The minimum absolute atomic E-state index is 0.133. The highest BCUT2D eigenvalue weighted by Gasteiger charge is 2.22. The Morgan fingerprint density at radius 2 is 2.20 bits per heavy atom. The van der Waals surface area contributed by atoms with Gasteiger partial charge in [-0.2, -0.15) is 0 Å². The van der Waals surface area contributed by atoms with E-state index in [0.717, 1.165) is 6.42 Å². The second-order valence-corrected chi connectivity index (χ2v) is 4.60. The molecule has 0 aliphatic rings. The van der Waals surface area contributed by atoms with Crippen LogP contribution in [0.1, 0.15) is 19.2 Å². The number of aliphatic hydroxyl groups excluding tert-OH is 1. The predicted molar refractivity (Wildman–Crippen MR) is 73.3 cm³/mol. The van der Waals surface area contributed by atoms with Crippen LogP contribution >= 0.6 is 11.6 Å². The van der Waals surface area contributed by atoms with Gasteiger partial charge in [0.1, 0.15) is 6.61 Å². The third kappa shape index (κ3) is 2.63. The fourth-order valence-electron chi connectivity index (χ4n) is 1.96. The topological polar surface area (TPSA) is 94.1 Å². The first-order chi connectivity index (χ1) is 9.58. The van der Waals surface area contributed by atoms with E-state index < -0.39 is 4.92 Å². The highest BCUT2D eigenvalue weighted by Crippen LogP contribution is 2.31. The van der Waals surface area contributed by atoms with Crippen LogP contribution in [0.3, 0.4) is 0 Å². The van der Waals surface area contributed by atoms with Gasteiger partial charge in [-0.1, -0.05) is 18.5 Å². The van der Waals surface area contributed by atoms with Crippen molar-refractivity contribution >= 4 is 17.3 Å². The predicted octanol–water partition coefficient (Wildman–Crippen LogP) is 2.41. The van der Waals surface area contributed by atoms with E-state index in [1.807, 2.05) is 6.92 Å². The highest BCUT2D eigenvalue weighted by atomic mass is 35.5. The first-order valence-corrected chi connectivity index (χ1v) is 6.43. The first-order valence-electron chi connectivity index (χ1n) is 6.05. The molecule has 1 aromatic heterocycles. The van der Waals surface area contributed by atoms with Gasteiger partial charge < -0.3 is 9.67 Å². The summed E-state index contributed by atoms with van der Waals surface area (Å²) in [7, 11) is 0. The molecule has 2 rings (SSSR count). The van der Waals surface area contributed by atoms with E-state index in [-0.39, 0.29) is 17.3 Å². The van der Waals surface area contributed by atoms with Crippen LogP contribution in [0.15, 0.2) is 18.2 Å². The molecule has 0 saturated carbocycles. The lowest BCUT2D eigenvalue weighted by Crippen LogP contribution is -2.06. The van der Waals surface area contributed by atoms with Crippen molar-refractivity contribution in [1.29, 1.82) is 0 Å². The van der Waals surface area contributed by atoms with Gasteiger partial charge in [-0.3, -0.25) is 10.1 Å². The van der Waals surface area contributed by atoms with Crippen molar-refractivity contribution in [2.45, 2.75) is 26.5 Å². The zero-order valence-corrected chi connectivity index (χ0v) is 11.5. The Kier molecular flexibility index (Phi) is 4.31. The maximum atomic E-state index is 11.1. The number of nitrogens with zero attached hydrogens (tertiary/aromatic N) is 4. The number of halogens is 1. The lowest BCUT2D eigenvalue weighted by Gasteiger charge is -2.08. The van der Waals surface area contributed by atoms with Crippen LogP contribution in [0.5, 0.6) is 0 Å². The summed E-state index contributed by atoms with van der Waals surface area (Å²) in [6, 6.07) is 4.38. The molecule has 0 amide bonds. The molecule has 1 N–H and O–H groups in total. The molecule has 0 radical (unpaired) electrons. The molecule has 1 heterocycles. The maximum Gasteiger partial charge on any atom is 0.281 e. The molecule has 0 fully saturated rings. The zero-order valence-electron chi connectivity index (χ0n) is 10.8. The molecule has 0 aliphatic heterocycles. The molecule has 7 nitrogen and oxygen atoms in total. The van der Waals surface area contributed by atoms with Crippen molar-refractivity contribution in [3.63, 3.8) is 0 Å². The average molecular weight is 297 g/mol. The van der Waals surface area contributed by atoms with E-state index in [1.54, 1.807) is 10.6 Å². The monoisotopic (exact) mass is 296 g/mol. The number of benzene rings is 1. The molecule has 0 atom stereocenters. The number of rotatable bonds is 5. The molecule has 2 aromatic rings. The molecule has 106 valence electrons. The molecule has 1 aromatic carbocycles. The van der Waals surface area contributed by atoms with Crippen LogP contribution in [0.25, 0.3) is 11.4 Å². The van der Waals surface area contributed by atoms with E-state index >= 15 is 0 Å². The second-order valence-electron chi connectivity index (χ2n) is 4.17. The van der Waals surface area contributed by atoms with Crippen molar-refractivity contribution in [1.82, 2.24) is 14.8 Å². The fourth-order valence-corrected chi connectivity index (χ4v) is 2.12. The molecular formula is C12H13ClN4O3. The van der Waals surface area contributed by atoms with Gasteiger partial charge in [-0.25, -0.2) is 0 Å². The van der Waals surface area contributed by atoms with Crippen LogP contribution in [-0.2, 0) is 13.2 Å². The van der Waals surface area contributed by atoms with Gasteiger partial charge in [0.15, 0.2) is 11.6 Å². The van der Waals surface area contributed by atoms with Crippen molar-refractivity contribution in [2.24, 2.45) is 0 Å². The Balaban J connectivity index is 2.62. The van der Waals surface area contributed by atoms with Crippen molar-refractivity contribution < 1.29 is 10.0 Å². The van der Waals surface area contributed by atoms with E-state index in [9.17, 15) is 15.2 Å². The van der Waals surface area contributed by atoms with Gasteiger partial charge in [0.25, 0.3) is 5.69 Å². The number of aromatic nitrogens is 3. The minimum Gasteiger partial charge on any atom is -0.388 e. The maximum absolute atomic E-state index is 11.1. The second kappa shape index (κ2) is 5.98. The standard InChI is InChI=1S/C12H13ClN4O3/c1-2-5-16-11(7-18)14-15-12(16)9-4-3-8(13)6-10(9)17(19)20/h3-4,6,18H,2,5,7H2,1H3. The Morgan fingerprint density at radius 1 is 1.45 bits per heavy atom. The molecule has 0 saturated heterocycles. The van der Waals surface area contributed by atoms with Gasteiger partial charge in [0, 0.05) is 17.6 Å². The quantitative estimate of drug-likeness (QED) is 0.675. The molecular weight excluding hydrogens is 284 g/mol. The van der Waals surface area contributed by atoms with E-state index in [1.165, 1.54) is 12.1 Å². The SMILES string of the molecule is CCCn1c(CO)nnc1-c1ccc(Cl)cc1[N+](=O)[O-]. The lowest BCUT2D eigenvalue weighted by atomic mass is 10.1. The van der Waals surface area contributed by atoms with Crippen LogP contribution < -0.4 is 0 Å². The normalized spacial score (nSPS) is 10.8. The third-order valence-electron chi connectivity index (χ3n) is 2.81. The number of nitro groups is 1. The number of hydrogen-bond acceptors (Lipinski definition) is 5. The number of aliphatic hydroxyl groups is 1. The summed E-state index contributed by atoms with van der Waals surface area (Å²) in [6.07, 6.45) is 0.791. The highest BCUT2D eigenvalue weighted by molar-refractivity contribution is 6.30. The van der Waals surface area contributed by atoms with Crippen LogP contribution in [0.2, 0.25) is 5.02 Å². The molecule has 8 heteroatoms. The van der Waals surface area contributed by atoms with Crippen LogP contribution in [-0.4, -0.2) is 24.8 Å². The largest absolute Gasteiger partial charge is 0.388 e. The lowest BCUT2D eigenvalue weighted by molar-refractivity contribution is -0.384. The first kappa shape index (κ1) is 14.4. The summed E-state index contributed by atoms with van der Waals surface area (Å²) in [5.41, 5.74) is 0.201. The zero-order chi connectivity index (χ0) is 14.7. The Labute approximate surface area is 120 Å². The van der Waals surface area contributed by atoms with Crippen molar-refractivity contribution in [2.75, 3.05) is 0 Å². The number of hydrogen-bond donors (Lipinski definition) is 1. The minimum atomic E-state index is -0.509. The smallest absolute Gasteiger partial charge is 0.281 e. The summed E-state index contributed by atoms with van der Waals surface area (Å²) in [5.74, 6) is 0.741. The summed E-state index contributed by atoms with van der Waals surface area (Å²) in [6.45, 7) is 2.26. The fraction of sp³-hybridized carbons (Fsp3) is 0.333. The molecule has 0 aliphatic carbocycles. The summed E-state index contributed by atoms with van der Waals surface area (Å²) >= 11 is 5.79. The van der Waals surface area contributed by atoms with E-state index in [4.69, 9.17) is 11.6 Å². The number of nitro benzene ring substituents is 1. The van der Waals surface area contributed by atoms with Crippen molar-refractivity contribution in [3.05, 3.63) is 39.2 Å². The summed E-state index contributed by atoms with van der Waals surface area (Å²) in [5, 5.41) is 28.5. The van der Waals surface area contributed by atoms with Crippen molar-refractivity contribution in [3.8, 4) is 11.4 Å².